The standard InChI is InChI=1S/C19H28N2O3/c1-14-4-7-16(8-5-14)12-18(22)21-13-17(9-6-15(21)2)19(23)20-10-11-24-3/h4-5,7-8,15,17H,6,9-13H2,1-3H3,(H,20,23)/t15-,17-/m0/s1. The van der Waals surface area contributed by atoms with E-state index in [0.29, 0.717) is 26.1 Å². The van der Waals surface area contributed by atoms with Gasteiger partial charge in [0, 0.05) is 26.2 Å². The number of hydrogen-bond acceptors (Lipinski definition) is 3. The van der Waals surface area contributed by atoms with E-state index in [1.165, 1.54) is 5.56 Å². The molecule has 1 aromatic rings. The van der Waals surface area contributed by atoms with E-state index in [1.807, 2.05) is 36.1 Å². The maximum atomic E-state index is 12.7. The predicted molar refractivity (Wildman–Crippen MR) is 93.7 cm³/mol. The van der Waals surface area contributed by atoms with E-state index in [-0.39, 0.29) is 23.8 Å². The van der Waals surface area contributed by atoms with Crippen LogP contribution in [0.5, 0.6) is 0 Å². The van der Waals surface area contributed by atoms with Crippen molar-refractivity contribution in [3.63, 3.8) is 0 Å². The lowest BCUT2D eigenvalue weighted by molar-refractivity contribution is -0.137. The zero-order valence-electron chi connectivity index (χ0n) is 14.9. The first-order valence-corrected chi connectivity index (χ1v) is 8.63. The van der Waals surface area contributed by atoms with Crippen LogP contribution in [0, 0.1) is 12.8 Å². The lowest BCUT2D eigenvalue weighted by atomic mass is 9.92. The van der Waals surface area contributed by atoms with Gasteiger partial charge in [0.1, 0.15) is 0 Å². The van der Waals surface area contributed by atoms with Crippen LogP contribution in [0.1, 0.15) is 30.9 Å². The average Bonchev–Trinajstić information content (AvgIpc) is 2.57. The fourth-order valence-corrected chi connectivity index (χ4v) is 3.07. The number of likely N-dealkylation sites (tertiary alicyclic amines) is 1. The molecule has 0 radical (unpaired) electrons. The van der Waals surface area contributed by atoms with Crippen LogP contribution in [0.25, 0.3) is 0 Å². The summed E-state index contributed by atoms with van der Waals surface area (Å²) in [5, 5.41) is 2.88. The number of amides is 2. The SMILES string of the molecule is COCCNC(=O)[C@H]1CC[C@H](C)N(C(=O)Cc2ccc(C)cc2)C1. The highest BCUT2D eigenvalue weighted by Crippen LogP contribution is 2.23. The number of methoxy groups -OCH3 is 1. The van der Waals surface area contributed by atoms with Crippen molar-refractivity contribution in [3.8, 4) is 0 Å². The van der Waals surface area contributed by atoms with Crippen LogP contribution in [0.4, 0.5) is 0 Å². The van der Waals surface area contributed by atoms with Crippen LogP contribution >= 0.6 is 0 Å². The number of nitrogens with zero attached hydrogens (tertiary/aromatic N) is 1. The molecule has 24 heavy (non-hydrogen) atoms. The summed E-state index contributed by atoms with van der Waals surface area (Å²) in [6.45, 7) is 5.62. The van der Waals surface area contributed by atoms with Gasteiger partial charge in [-0.1, -0.05) is 29.8 Å². The second-order valence-corrected chi connectivity index (χ2v) is 6.62. The number of benzene rings is 1. The highest BCUT2D eigenvalue weighted by atomic mass is 16.5. The zero-order valence-corrected chi connectivity index (χ0v) is 14.9. The lowest BCUT2D eigenvalue weighted by Crippen LogP contribution is -2.50. The van der Waals surface area contributed by atoms with E-state index in [0.717, 1.165) is 18.4 Å². The fourth-order valence-electron chi connectivity index (χ4n) is 3.07. The molecule has 5 heteroatoms. The smallest absolute Gasteiger partial charge is 0.227 e. The van der Waals surface area contributed by atoms with Gasteiger partial charge in [0.25, 0.3) is 0 Å². The fraction of sp³-hybridized carbons (Fsp3) is 0.579. The quantitative estimate of drug-likeness (QED) is 0.810. The first kappa shape index (κ1) is 18.5. The molecule has 2 rings (SSSR count). The molecule has 2 atom stereocenters. The molecule has 132 valence electrons. The number of hydrogen-bond donors (Lipinski definition) is 1. The number of carbonyl (C=O) groups excluding carboxylic acids is 2. The Morgan fingerprint density at radius 3 is 2.62 bits per heavy atom. The Morgan fingerprint density at radius 1 is 1.25 bits per heavy atom. The Bertz CT molecular complexity index is 556. The van der Waals surface area contributed by atoms with E-state index in [4.69, 9.17) is 4.74 Å². The van der Waals surface area contributed by atoms with Crippen LogP contribution in [-0.4, -0.2) is 49.6 Å². The molecule has 1 aliphatic rings. The Balaban J connectivity index is 1.93. The summed E-state index contributed by atoms with van der Waals surface area (Å²) in [6, 6.07) is 8.22. The number of rotatable bonds is 6. The number of carbonyl (C=O) groups is 2. The van der Waals surface area contributed by atoms with Gasteiger partial charge in [-0.3, -0.25) is 9.59 Å². The van der Waals surface area contributed by atoms with E-state index in [2.05, 4.69) is 12.2 Å². The van der Waals surface area contributed by atoms with Gasteiger partial charge in [-0.25, -0.2) is 0 Å². The molecule has 1 fully saturated rings. The third kappa shape index (κ3) is 5.06. The van der Waals surface area contributed by atoms with Crippen LogP contribution in [0.15, 0.2) is 24.3 Å². The van der Waals surface area contributed by atoms with Gasteiger partial charge in [-0.05, 0) is 32.3 Å². The highest BCUT2D eigenvalue weighted by Gasteiger charge is 2.32. The lowest BCUT2D eigenvalue weighted by Gasteiger charge is -2.37. The molecule has 1 N–H and O–H groups in total. The number of ether oxygens (including phenoxy) is 1. The summed E-state index contributed by atoms with van der Waals surface area (Å²) in [5.41, 5.74) is 2.20. The minimum absolute atomic E-state index is 0.0204. The van der Waals surface area contributed by atoms with Crippen molar-refractivity contribution >= 4 is 11.8 Å². The normalized spacial score (nSPS) is 20.7. The summed E-state index contributed by atoms with van der Waals surface area (Å²) in [4.78, 5) is 26.8. The molecule has 1 aliphatic heterocycles. The predicted octanol–water partition coefficient (Wildman–Crippen LogP) is 1.93. The van der Waals surface area contributed by atoms with Gasteiger partial charge in [-0.2, -0.15) is 0 Å². The second-order valence-electron chi connectivity index (χ2n) is 6.62. The summed E-state index contributed by atoms with van der Waals surface area (Å²) in [6.07, 6.45) is 2.08. The van der Waals surface area contributed by atoms with Crippen molar-refractivity contribution in [2.24, 2.45) is 5.92 Å². The van der Waals surface area contributed by atoms with Crippen LogP contribution < -0.4 is 5.32 Å². The van der Waals surface area contributed by atoms with Gasteiger partial charge in [0.05, 0.1) is 18.9 Å². The summed E-state index contributed by atoms with van der Waals surface area (Å²) < 4.78 is 4.95. The average molecular weight is 332 g/mol. The Morgan fingerprint density at radius 2 is 1.96 bits per heavy atom. The topological polar surface area (TPSA) is 58.6 Å². The maximum absolute atomic E-state index is 12.7. The van der Waals surface area contributed by atoms with Crippen molar-refractivity contribution in [1.82, 2.24) is 10.2 Å². The minimum Gasteiger partial charge on any atom is -0.383 e. The molecule has 0 aliphatic carbocycles. The van der Waals surface area contributed by atoms with Crippen LogP contribution in [-0.2, 0) is 20.7 Å². The van der Waals surface area contributed by atoms with E-state index < -0.39 is 0 Å². The first-order chi connectivity index (χ1) is 11.5. The first-order valence-electron chi connectivity index (χ1n) is 8.63. The molecule has 1 aromatic carbocycles. The van der Waals surface area contributed by atoms with Gasteiger partial charge >= 0.3 is 0 Å². The molecule has 5 nitrogen and oxygen atoms in total. The van der Waals surface area contributed by atoms with Crippen LogP contribution in [0.3, 0.4) is 0 Å². The van der Waals surface area contributed by atoms with Crippen molar-refractivity contribution in [2.75, 3.05) is 26.8 Å². The van der Waals surface area contributed by atoms with Crippen molar-refractivity contribution < 1.29 is 14.3 Å². The summed E-state index contributed by atoms with van der Waals surface area (Å²) >= 11 is 0. The maximum Gasteiger partial charge on any atom is 0.227 e. The van der Waals surface area contributed by atoms with Gasteiger partial charge in [0.2, 0.25) is 11.8 Å². The minimum atomic E-state index is -0.125. The highest BCUT2D eigenvalue weighted by molar-refractivity contribution is 5.82. The summed E-state index contributed by atoms with van der Waals surface area (Å²) in [5.74, 6) is -0.00662. The third-order valence-corrected chi connectivity index (χ3v) is 4.65. The molecule has 0 bridgehead atoms. The van der Waals surface area contributed by atoms with E-state index in [1.54, 1.807) is 7.11 Å². The van der Waals surface area contributed by atoms with Crippen molar-refractivity contribution in [2.45, 2.75) is 39.2 Å². The van der Waals surface area contributed by atoms with E-state index >= 15 is 0 Å². The number of nitrogens with one attached hydrogen (secondary N) is 1. The van der Waals surface area contributed by atoms with Crippen molar-refractivity contribution in [1.29, 1.82) is 0 Å². The molecule has 2 amide bonds. The Labute approximate surface area is 144 Å². The molecular formula is C19H28N2O3. The summed E-state index contributed by atoms with van der Waals surface area (Å²) in [7, 11) is 1.61. The Kier molecular flexibility index (Phi) is 6.79. The van der Waals surface area contributed by atoms with Crippen molar-refractivity contribution in [3.05, 3.63) is 35.4 Å². The zero-order chi connectivity index (χ0) is 17.5. The third-order valence-electron chi connectivity index (χ3n) is 4.65. The van der Waals surface area contributed by atoms with Gasteiger partial charge in [0.15, 0.2) is 0 Å². The molecule has 0 saturated carbocycles. The molecule has 0 spiro atoms. The number of aryl methyl sites for hydroxylation is 1. The molecule has 0 aromatic heterocycles. The monoisotopic (exact) mass is 332 g/mol. The van der Waals surface area contributed by atoms with Gasteiger partial charge in [-0.15, -0.1) is 0 Å². The molecule has 1 saturated heterocycles. The van der Waals surface area contributed by atoms with Gasteiger partial charge < -0.3 is 15.0 Å². The molecule has 0 unspecified atom stereocenters. The van der Waals surface area contributed by atoms with E-state index in [9.17, 15) is 9.59 Å². The Hall–Kier alpha value is -1.88. The molecule has 1 heterocycles. The largest absolute Gasteiger partial charge is 0.383 e. The van der Waals surface area contributed by atoms with Crippen LogP contribution in [0.2, 0.25) is 0 Å². The second kappa shape index (κ2) is 8.83. The number of piperidine rings is 1. The molecular weight excluding hydrogens is 304 g/mol.